The Hall–Kier alpha value is -1.32. The van der Waals surface area contributed by atoms with Gasteiger partial charge in [0.15, 0.2) is 0 Å². The molecule has 14 heavy (non-hydrogen) atoms. The molecule has 0 bridgehead atoms. The molecule has 0 aromatic carbocycles. The molecule has 0 radical (unpaired) electrons. The van der Waals surface area contributed by atoms with Crippen LogP contribution in [0.4, 0.5) is 0 Å². The average Bonchev–Trinajstić information content (AvgIpc) is 2.02. The first-order valence-electron chi connectivity index (χ1n) is 4.56. The minimum absolute atomic E-state index is 0.354. The van der Waals surface area contributed by atoms with Crippen LogP contribution in [0.3, 0.4) is 0 Å². The largest absolute Gasteiger partial charge is 0.481 e. The van der Waals surface area contributed by atoms with Gasteiger partial charge in [0, 0.05) is 6.08 Å². The van der Waals surface area contributed by atoms with Gasteiger partial charge in [0.2, 0.25) is 0 Å². The SMILES string of the molecule is C/C(=C\C(=O)O)CCCC(C)C(=O)O. The van der Waals surface area contributed by atoms with E-state index >= 15 is 0 Å². The van der Waals surface area contributed by atoms with Crippen LogP contribution >= 0.6 is 0 Å². The predicted octanol–water partition coefficient (Wildman–Crippen LogP) is 1.91. The van der Waals surface area contributed by atoms with Crippen molar-refractivity contribution in [3.05, 3.63) is 11.6 Å². The molecule has 0 aliphatic rings. The molecule has 0 aliphatic carbocycles. The number of carboxylic acids is 2. The minimum Gasteiger partial charge on any atom is -0.481 e. The molecule has 0 fully saturated rings. The number of allylic oxidation sites excluding steroid dienone is 1. The van der Waals surface area contributed by atoms with Gasteiger partial charge < -0.3 is 10.2 Å². The molecule has 0 heterocycles. The fourth-order valence-corrected chi connectivity index (χ4v) is 1.09. The summed E-state index contributed by atoms with van der Waals surface area (Å²) in [5.74, 6) is -2.11. The standard InChI is InChI=1S/C10H16O4/c1-7(6-9(11)12)4-3-5-8(2)10(13)14/h6,8H,3-5H2,1-2H3,(H,11,12)(H,13,14)/b7-6+. The van der Waals surface area contributed by atoms with Crippen LogP contribution in [0.15, 0.2) is 11.6 Å². The van der Waals surface area contributed by atoms with Crippen LogP contribution in [0.25, 0.3) is 0 Å². The van der Waals surface area contributed by atoms with E-state index < -0.39 is 11.9 Å². The summed E-state index contributed by atoms with van der Waals surface area (Å²) in [5.41, 5.74) is 0.773. The lowest BCUT2D eigenvalue weighted by Crippen LogP contribution is -2.08. The van der Waals surface area contributed by atoms with Gasteiger partial charge in [-0.1, -0.05) is 12.5 Å². The maximum Gasteiger partial charge on any atom is 0.328 e. The Bertz CT molecular complexity index is 243. The van der Waals surface area contributed by atoms with Gasteiger partial charge in [-0.15, -0.1) is 0 Å². The average molecular weight is 200 g/mol. The molecule has 0 saturated heterocycles. The molecule has 0 amide bonds. The van der Waals surface area contributed by atoms with Crippen molar-refractivity contribution in [2.75, 3.05) is 0 Å². The van der Waals surface area contributed by atoms with Gasteiger partial charge in [0.1, 0.15) is 0 Å². The Morgan fingerprint density at radius 1 is 1.36 bits per heavy atom. The molecular formula is C10H16O4. The molecular weight excluding hydrogens is 184 g/mol. The van der Waals surface area contributed by atoms with Crippen molar-refractivity contribution in [3.8, 4) is 0 Å². The maximum absolute atomic E-state index is 10.4. The van der Waals surface area contributed by atoms with E-state index in [1.54, 1.807) is 13.8 Å². The number of carboxylic acid groups (broad SMARTS) is 2. The number of carbonyl (C=O) groups is 2. The van der Waals surface area contributed by atoms with Gasteiger partial charge in [-0.25, -0.2) is 4.79 Å². The van der Waals surface area contributed by atoms with E-state index in [2.05, 4.69) is 0 Å². The molecule has 0 aromatic rings. The smallest absolute Gasteiger partial charge is 0.328 e. The second-order valence-corrected chi connectivity index (χ2v) is 3.46. The first kappa shape index (κ1) is 12.7. The van der Waals surface area contributed by atoms with Gasteiger partial charge >= 0.3 is 11.9 Å². The van der Waals surface area contributed by atoms with E-state index in [-0.39, 0.29) is 5.92 Å². The third-order valence-corrected chi connectivity index (χ3v) is 2.00. The summed E-state index contributed by atoms with van der Waals surface area (Å²) < 4.78 is 0. The Labute approximate surface area is 83.2 Å². The highest BCUT2D eigenvalue weighted by molar-refractivity contribution is 5.80. The first-order chi connectivity index (χ1) is 6.43. The van der Waals surface area contributed by atoms with E-state index in [0.29, 0.717) is 19.3 Å². The normalized spacial score (nSPS) is 13.7. The fourth-order valence-electron chi connectivity index (χ4n) is 1.09. The highest BCUT2D eigenvalue weighted by Crippen LogP contribution is 2.12. The molecule has 0 aliphatic heterocycles. The van der Waals surface area contributed by atoms with E-state index in [9.17, 15) is 9.59 Å². The molecule has 2 N–H and O–H groups in total. The molecule has 80 valence electrons. The van der Waals surface area contributed by atoms with Crippen molar-refractivity contribution in [2.45, 2.75) is 33.1 Å². The number of aliphatic carboxylic acids is 2. The van der Waals surface area contributed by atoms with E-state index in [1.165, 1.54) is 0 Å². The van der Waals surface area contributed by atoms with Crippen LogP contribution < -0.4 is 0 Å². The molecule has 0 spiro atoms. The maximum atomic E-state index is 10.4. The summed E-state index contributed by atoms with van der Waals surface area (Å²) in [4.78, 5) is 20.7. The zero-order chi connectivity index (χ0) is 11.1. The van der Waals surface area contributed by atoms with Crippen LogP contribution in [-0.2, 0) is 9.59 Å². The van der Waals surface area contributed by atoms with Gasteiger partial charge in [-0.05, 0) is 26.2 Å². The Morgan fingerprint density at radius 2 is 1.93 bits per heavy atom. The van der Waals surface area contributed by atoms with Crippen LogP contribution in [0, 0.1) is 5.92 Å². The van der Waals surface area contributed by atoms with E-state index in [0.717, 1.165) is 11.6 Å². The third kappa shape index (κ3) is 6.22. The first-order valence-corrected chi connectivity index (χ1v) is 4.56. The second kappa shape index (κ2) is 6.18. The topological polar surface area (TPSA) is 74.6 Å². The number of hydrogen-bond donors (Lipinski definition) is 2. The van der Waals surface area contributed by atoms with Crippen LogP contribution in [0.1, 0.15) is 33.1 Å². The minimum atomic E-state index is -0.950. The summed E-state index contributed by atoms with van der Waals surface area (Å²) in [6.07, 6.45) is 3.10. The summed E-state index contributed by atoms with van der Waals surface area (Å²) >= 11 is 0. The summed E-state index contributed by atoms with van der Waals surface area (Å²) in [6.45, 7) is 3.39. The predicted molar refractivity (Wildman–Crippen MR) is 52.0 cm³/mol. The second-order valence-electron chi connectivity index (χ2n) is 3.46. The van der Waals surface area contributed by atoms with Crippen molar-refractivity contribution in [3.63, 3.8) is 0 Å². The van der Waals surface area contributed by atoms with Crippen molar-refractivity contribution >= 4 is 11.9 Å². The zero-order valence-electron chi connectivity index (χ0n) is 8.49. The molecule has 1 unspecified atom stereocenters. The van der Waals surface area contributed by atoms with Crippen molar-refractivity contribution in [1.29, 1.82) is 0 Å². The lowest BCUT2D eigenvalue weighted by Gasteiger charge is -2.05. The van der Waals surface area contributed by atoms with Crippen LogP contribution in [-0.4, -0.2) is 22.2 Å². The van der Waals surface area contributed by atoms with Crippen LogP contribution in [0.2, 0.25) is 0 Å². The number of rotatable bonds is 6. The van der Waals surface area contributed by atoms with Gasteiger partial charge in [-0.3, -0.25) is 4.79 Å². The van der Waals surface area contributed by atoms with Crippen molar-refractivity contribution in [1.82, 2.24) is 0 Å². The lowest BCUT2D eigenvalue weighted by molar-refractivity contribution is -0.141. The van der Waals surface area contributed by atoms with Crippen LogP contribution in [0.5, 0.6) is 0 Å². The molecule has 1 atom stereocenters. The van der Waals surface area contributed by atoms with Crippen molar-refractivity contribution in [2.24, 2.45) is 5.92 Å². The molecule has 0 aromatic heterocycles. The Balaban J connectivity index is 3.74. The lowest BCUT2D eigenvalue weighted by atomic mass is 10.0. The Morgan fingerprint density at radius 3 is 2.36 bits per heavy atom. The summed E-state index contributed by atoms with van der Waals surface area (Å²) in [5, 5.41) is 17.0. The number of hydrogen-bond acceptors (Lipinski definition) is 2. The Kier molecular flexibility index (Phi) is 5.60. The summed E-state index contributed by atoms with van der Waals surface area (Å²) in [6, 6.07) is 0. The summed E-state index contributed by atoms with van der Waals surface area (Å²) in [7, 11) is 0. The highest BCUT2D eigenvalue weighted by atomic mass is 16.4. The van der Waals surface area contributed by atoms with Crippen molar-refractivity contribution < 1.29 is 19.8 Å². The van der Waals surface area contributed by atoms with Gasteiger partial charge in [-0.2, -0.15) is 0 Å². The molecule has 0 saturated carbocycles. The molecule has 0 rings (SSSR count). The fraction of sp³-hybridized carbons (Fsp3) is 0.600. The molecule has 4 heteroatoms. The monoisotopic (exact) mass is 200 g/mol. The highest BCUT2D eigenvalue weighted by Gasteiger charge is 2.09. The zero-order valence-corrected chi connectivity index (χ0v) is 8.49. The van der Waals surface area contributed by atoms with E-state index in [4.69, 9.17) is 10.2 Å². The molecule has 4 nitrogen and oxygen atoms in total. The van der Waals surface area contributed by atoms with Gasteiger partial charge in [0.05, 0.1) is 5.92 Å². The third-order valence-electron chi connectivity index (χ3n) is 2.00. The van der Waals surface area contributed by atoms with Gasteiger partial charge in [0.25, 0.3) is 0 Å². The quantitative estimate of drug-likeness (QED) is 0.642. The van der Waals surface area contributed by atoms with E-state index in [1.807, 2.05) is 0 Å².